The molecule has 7 heteroatoms. The third-order valence-corrected chi connectivity index (χ3v) is 7.09. The number of benzene rings is 1. The van der Waals surface area contributed by atoms with Gasteiger partial charge in [0.05, 0.1) is 11.9 Å². The second-order valence-electron chi connectivity index (χ2n) is 10.3. The molecule has 33 heavy (non-hydrogen) atoms. The number of likely N-dealkylation sites (tertiary alicyclic amines) is 1. The van der Waals surface area contributed by atoms with Crippen LogP contribution in [-0.4, -0.2) is 46.5 Å². The van der Waals surface area contributed by atoms with Crippen LogP contribution in [-0.2, 0) is 16.9 Å². The van der Waals surface area contributed by atoms with E-state index < -0.39 is 5.60 Å². The van der Waals surface area contributed by atoms with E-state index in [1.165, 1.54) is 0 Å². The largest absolute Gasteiger partial charge is 0.485 e. The molecule has 0 aliphatic carbocycles. The van der Waals surface area contributed by atoms with Crippen molar-refractivity contribution in [2.75, 3.05) is 19.3 Å². The van der Waals surface area contributed by atoms with Crippen LogP contribution in [0, 0.1) is 11.7 Å². The van der Waals surface area contributed by atoms with Crippen molar-refractivity contribution in [3.63, 3.8) is 0 Å². The van der Waals surface area contributed by atoms with Crippen LogP contribution in [0.2, 0.25) is 0 Å². The van der Waals surface area contributed by atoms with Gasteiger partial charge in [0.1, 0.15) is 22.8 Å². The van der Waals surface area contributed by atoms with Crippen molar-refractivity contribution in [2.45, 2.75) is 63.9 Å². The van der Waals surface area contributed by atoms with E-state index in [1.54, 1.807) is 28.9 Å². The third-order valence-electron chi connectivity index (χ3n) is 6.46. The highest BCUT2D eigenvalue weighted by atomic mass is 32.2. The first-order valence-corrected chi connectivity index (χ1v) is 12.9. The lowest BCUT2D eigenvalue weighted by Gasteiger charge is -2.40. The number of nitrogens with zero attached hydrogens (tertiary/aromatic N) is 2. The van der Waals surface area contributed by atoms with Gasteiger partial charge in [-0.15, -0.1) is 0 Å². The molecule has 1 aromatic heterocycles. The molecule has 4 rings (SSSR count). The molecule has 1 atom stereocenters. The van der Waals surface area contributed by atoms with E-state index in [-0.39, 0.29) is 17.5 Å². The minimum atomic E-state index is -0.490. The summed E-state index contributed by atoms with van der Waals surface area (Å²) in [6.45, 7) is 9.11. The van der Waals surface area contributed by atoms with Crippen LogP contribution in [0.25, 0.3) is 11.3 Å². The molecule has 178 valence electrons. The van der Waals surface area contributed by atoms with Gasteiger partial charge < -0.3 is 14.4 Å². The molecule has 5 nitrogen and oxygen atoms in total. The molecule has 3 heterocycles. The lowest BCUT2D eigenvalue weighted by molar-refractivity contribution is -0.00829. The van der Waals surface area contributed by atoms with Crippen LogP contribution in [0.4, 0.5) is 9.18 Å². The number of carbonyl (C=O) groups is 1. The molecule has 0 bridgehead atoms. The summed E-state index contributed by atoms with van der Waals surface area (Å²) in [5.41, 5.74) is 2.33. The number of hydrogen-bond acceptors (Lipinski definition) is 5. The van der Waals surface area contributed by atoms with Gasteiger partial charge in [0, 0.05) is 42.3 Å². The predicted molar refractivity (Wildman–Crippen MR) is 130 cm³/mol. The highest BCUT2D eigenvalue weighted by Gasteiger charge is 2.44. The molecule has 1 fully saturated rings. The number of carbonyl (C=O) groups excluding carboxylic acids is 1. The van der Waals surface area contributed by atoms with Crippen molar-refractivity contribution in [2.24, 2.45) is 5.92 Å². The average molecular weight is 473 g/mol. The van der Waals surface area contributed by atoms with Gasteiger partial charge in [0.15, 0.2) is 0 Å². The highest BCUT2D eigenvalue weighted by Crippen LogP contribution is 2.43. The SMILES string of the molecule is CSCc1ccc(-c2cc3c(cn2)OC(C)(C2CCN(C(=O)OC(C)(C)C)CC2)C3)c(F)c1. The van der Waals surface area contributed by atoms with E-state index in [0.29, 0.717) is 30.3 Å². The second kappa shape index (κ2) is 9.16. The van der Waals surface area contributed by atoms with Gasteiger partial charge in [-0.2, -0.15) is 11.8 Å². The van der Waals surface area contributed by atoms with Gasteiger partial charge in [0.25, 0.3) is 0 Å². The summed E-state index contributed by atoms with van der Waals surface area (Å²) in [5, 5.41) is 0. The molecule has 1 amide bonds. The zero-order chi connectivity index (χ0) is 23.8. The summed E-state index contributed by atoms with van der Waals surface area (Å²) in [6.07, 6.45) is 5.94. The van der Waals surface area contributed by atoms with Gasteiger partial charge in [-0.05, 0) is 70.6 Å². The predicted octanol–water partition coefficient (Wildman–Crippen LogP) is 6.09. The van der Waals surface area contributed by atoms with Gasteiger partial charge in [-0.25, -0.2) is 9.18 Å². The smallest absolute Gasteiger partial charge is 0.410 e. The molecule has 0 N–H and O–H groups in total. The van der Waals surface area contributed by atoms with Crippen molar-refractivity contribution in [1.82, 2.24) is 9.88 Å². The number of piperidine rings is 1. The van der Waals surface area contributed by atoms with E-state index in [9.17, 15) is 9.18 Å². The highest BCUT2D eigenvalue weighted by molar-refractivity contribution is 7.97. The number of fused-ring (bicyclic) bond motifs is 1. The van der Waals surface area contributed by atoms with Crippen LogP contribution < -0.4 is 4.74 Å². The lowest BCUT2D eigenvalue weighted by Crippen LogP contribution is -2.48. The topological polar surface area (TPSA) is 51.7 Å². The van der Waals surface area contributed by atoms with Crippen molar-refractivity contribution in [3.8, 4) is 17.0 Å². The number of ether oxygens (including phenoxy) is 2. The fourth-order valence-corrected chi connectivity index (χ4v) is 5.29. The van der Waals surface area contributed by atoms with Crippen LogP contribution >= 0.6 is 11.8 Å². The van der Waals surface area contributed by atoms with Crippen LogP contribution in [0.5, 0.6) is 5.75 Å². The monoisotopic (exact) mass is 472 g/mol. The molecule has 1 unspecified atom stereocenters. The van der Waals surface area contributed by atoms with E-state index in [1.807, 2.05) is 45.2 Å². The van der Waals surface area contributed by atoms with Crippen molar-refractivity contribution in [3.05, 3.63) is 47.4 Å². The first kappa shape index (κ1) is 23.9. The van der Waals surface area contributed by atoms with E-state index in [2.05, 4.69) is 11.9 Å². The quantitative estimate of drug-likeness (QED) is 0.539. The van der Waals surface area contributed by atoms with Gasteiger partial charge in [-0.1, -0.05) is 6.07 Å². The van der Waals surface area contributed by atoms with Gasteiger partial charge in [-0.3, -0.25) is 4.98 Å². The standard InChI is InChI=1S/C26H33FN2O3S/c1-25(2,3)32-24(30)29-10-8-19(9-11-29)26(4)14-18-13-22(28-15-23(18)31-26)20-7-6-17(16-33-5)12-21(20)27/h6-7,12-13,15,19H,8-11,14,16H2,1-5H3. The maximum atomic E-state index is 14.7. The Morgan fingerprint density at radius 2 is 2.03 bits per heavy atom. The number of amides is 1. The maximum absolute atomic E-state index is 14.7. The number of rotatable bonds is 4. The van der Waals surface area contributed by atoms with Crippen molar-refractivity contribution >= 4 is 17.9 Å². The Bertz CT molecular complexity index is 1030. The molecule has 2 aromatic rings. The fourth-order valence-electron chi connectivity index (χ4n) is 4.78. The number of aromatic nitrogens is 1. The molecule has 0 saturated carbocycles. The first-order valence-electron chi connectivity index (χ1n) is 11.5. The number of hydrogen-bond donors (Lipinski definition) is 0. The normalized spacial score (nSPS) is 21.0. The van der Waals surface area contributed by atoms with Crippen molar-refractivity contribution in [1.29, 1.82) is 0 Å². The van der Waals surface area contributed by atoms with E-state index in [0.717, 1.165) is 41.9 Å². The number of halogens is 1. The zero-order valence-corrected chi connectivity index (χ0v) is 20.9. The Morgan fingerprint density at radius 3 is 2.67 bits per heavy atom. The molecular weight excluding hydrogens is 439 g/mol. The summed E-state index contributed by atoms with van der Waals surface area (Å²) in [4.78, 5) is 18.7. The van der Waals surface area contributed by atoms with Crippen LogP contribution in [0.1, 0.15) is 51.7 Å². The average Bonchev–Trinajstić information content (AvgIpc) is 3.09. The summed E-state index contributed by atoms with van der Waals surface area (Å²) >= 11 is 1.67. The minimum absolute atomic E-state index is 0.245. The van der Waals surface area contributed by atoms with Crippen LogP contribution in [0.15, 0.2) is 30.5 Å². The maximum Gasteiger partial charge on any atom is 0.410 e. The Kier molecular flexibility index (Phi) is 6.63. The van der Waals surface area contributed by atoms with Gasteiger partial charge in [0.2, 0.25) is 0 Å². The minimum Gasteiger partial charge on any atom is -0.485 e. The summed E-state index contributed by atoms with van der Waals surface area (Å²) in [5.74, 6) is 1.63. The third kappa shape index (κ3) is 5.29. The number of pyridine rings is 1. The molecule has 0 radical (unpaired) electrons. The summed E-state index contributed by atoms with van der Waals surface area (Å²) < 4.78 is 26.6. The van der Waals surface area contributed by atoms with Crippen LogP contribution in [0.3, 0.4) is 0 Å². The van der Waals surface area contributed by atoms with E-state index in [4.69, 9.17) is 9.47 Å². The molecule has 0 spiro atoms. The molecule has 1 aromatic carbocycles. The Hall–Kier alpha value is -2.28. The lowest BCUT2D eigenvalue weighted by atomic mass is 9.79. The summed E-state index contributed by atoms with van der Waals surface area (Å²) in [7, 11) is 0. The molecule has 2 aliphatic rings. The molecule has 2 aliphatic heterocycles. The van der Waals surface area contributed by atoms with Gasteiger partial charge >= 0.3 is 6.09 Å². The summed E-state index contributed by atoms with van der Waals surface area (Å²) in [6, 6.07) is 7.34. The fraction of sp³-hybridized carbons (Fsp3) is 0.538. The van der Waals surface area contributed by atoms with E-state index >= 15 is 0 Å². The number of thioether (sulfide) groups is 1. The van der Waals surface area contributed by atoms with Crippen molar-refractivity contribution < 1.29 is 18.7 Å². The molecule has 1 saturated heterocycles. The first-order chi connectivity index (χ1) is 15.6. The Labute approximate surface area is 200 Å². The second-order valence-corrected chi connectivity index (χ2v) is 11.1. The zero-order valence-electron chi connectivity index (χ0n) is 20.1. The molecular formula is C26H33FN2O3S. The Balaban J connectivity index is 1.44. The Morgan fingerprint density at radius 1 is 1.30 bits per heavy atom.